The zero-order valence-electron chi connectivity index (χ0n) is 8.79. The van der Waals surface area contributed by atoms with Crippen molar-refractivity contribution in [3.8, 4) is 11.5 Å². The molecule has 15 heavy (non-hydrogen) atoms. The van der Waals surface area contributed by atoms with Gasteiger partial charge in [0.2, 0.25) is 12.7 Å². The summed E-state index contributed by atoms with van der Waals surface area (Å²) in [6, 6.07) is 3.72. The molecule has 0 fully saturated rings. The SMILES string of the molecule is CCc1cc2c(cc1NC(C)=O)OCO2. The third kappa shape index (κ3) is 1.88. The first-order chi connectivity index (χ1) is 7.20. The minimum Gasteiger partial charge on any atom is -0.454 e. The van der Waals surface area contributed by atoms with Gasteiger partial charge in [-0.05, 0) is 18.1 Å². The lowest BCUT2D eigenvalue weighted by Crippen LogP contribution is -2.07. The molecule has 1 heterocycles. The molecule has 0 unspecified atom stereocenters. The Morgan fingerprint density at radius 3 is 2.67 bits per heavy atom. The van der Waals surface area contributed by atoms with Crippen LogP contribution in [0.5, 0.6) is 11.5 Å². The molecule has 80 valence electrons. The highest BCUT2D eigenvalue weighted by Crippen LogP contribution is 2.37. The Balaban J connectivity index is 2.39. The lowest BCUT2D eigenvalue weighted by Gasteiger charge is -2.09. The lowest BCUT2D eigenvalue weighted by molar-refractivity contribution is -0.114. The van der Waals surface area contributed by atoms with Gasteiger partial charge >= 0.3 is 0 Å². The van der Waals surface area contributed by atoms with E-state index in [0.717, 1.165) is 23.4 Å². The van der Waals surface area contributed by atoms with Crippen molar-refractivity contribution in [3.63, 3.8) is 0 Å². The van der Waals surface area contributed by atoms with Crippen LogP contribution < -0.4 is 14.8 Å². The second kappa shape index (κ2) is 3.81. The van der Waals surface area contributed by atoms with Gasteiger partial charge in [0.1, 0.15) is 0 Å². The fourth-order valence-corrected chi connectivity index (χ4v) is 1.58. The fourth-order valence-electron chi connectivity index (χ4n) is 1.58. The predicted octanol–water partition coefficient (Wildman–Crippen LogP) is 1.94. The summed E-state index contributed by atoms with van der Waals surface area (Å²) in [6.45, 7) is 3.77. The molecule has 4 heteroatoms. The molecule has 1 aliphatic rings. The Kier molecular flexibility index (Phi) is 2.49. The number of fused-ring (bicyclic) bond motifs is 1. The monoisotopic (exact) mass is 207 g/mol. The van der Waals surface area contributed by atoms with E-state index < -0.39 is 0 Å². The maximum absolute atomic E-state index is 11.0. The topological polar surface area (TPSA) is 47.6 Å². The van der Waals surface area contributed by atoms with E-state index in [4.69, 9.17) is 9.47 Å². The maximum atomic E-state index is 11.0. The molecule has 1 aromatic rings. The third-order valence-corrected chi connectivity index (χ3v) is 2.29. The zero-order valence-corrected chi connectivity index (χ0v) is 8.79. The van der Waals surface area contributed by atoms with E-state index in [1.165, 1.54) is 6.92 Å². The average molecular weight is 207 g/mol. The Morgan fingerprint density at radius 2 is 2.07 bits per heavy atom. The van der Waals surface area contributed by atoms with Crippen molar-refractivity contribution in [1.29, 1.82) is 0 Å². The van der Waals surface area contributed by atoms with Crippen LogP contribution in [0.4, 0.5) is 5.69 Å². The van der Waals surface area contributed by atoms with Crippen LogP contribution in [0, 0.1) is 0 Å². The maximum Gasteiger partial charge on any atom is 0.231 e. The number of hydrogen-bond donors (Lipinski definition) is 1. The second-order valence-corrected chi connectivity index (χ2v) is 3.40. The summed E-state index contributed by atoms with van der Waals surface area (Å²) in [5.74, 6) is 1.36. The molecule has 2 rings (SSSR count). The number of aryl methyl sites for hydroxylation is 1. The molecule has 0 aliphatic carbocycles. The average Bonchev–Trinajstić information content (AvgIpc) is 2.62. The van der Waals surface area contributed by atoms with Gasteiger partial charge in [0.15, 0.2) is 11.5 Å². The van der Waals surface area contributed by atoms with Gasteiger partial charge in [-0.25, -0.2) is 0 Å². The lowest BCUT2D eigenvalue weighted by atomic mass is 10.1. The van der Waals surface area contributed by atoms with E-state index in [1.54, 1.807) is 0 Å². The molecule has 4 nitrogen and oxygen atoms in total. The van der Waals surface area contributed by atoms with Crippen molar-refractivity contribution in [2.45, 2.75) is 20.3 Å². The van der Waals surface area contributed by atoms with Gasteiger partial charge < -0.3 is 14.8 Å². The standard InChI is InChI=1S/C11H13NO3/c1-3-8-4-10-11(15-6-14-10)5-9(8)12-7(2)13/h4-5H,3,6H2,1-2H3,(H,12,13). The van der Waals surface area contributed by atoms with Gasteiger partial charge in [0.05, 0.1) is 0 Å². The van der Waals surface area contributed by atoms with Gasteiger partial charge in [-0.3, -0.25) is 4.79 Å². The van der Waals surface area contributed by atoms with Crippen LogP contribution in [-0.2, 0) is 11.2 Å². The van der Waals surface area contributed by atoms with Crippen LogP contribution in [0.25, 0.3) is 0 Å². The number of ether oxygens (including phenoxy) is 2. The van der Waals surface area contributed by atoms with Crippen LogP contribution >= 0.6 is 0 Å². The highest BCUT2D eigenvalue weighted by Gasteiger charge is 2.16. The van der Waals surface area contributed by atoms with Gasteiger partial charge in [0.25, 0.3) is 0 Å². The van der Waals surface area contributed by atoms with E-state index in [1.807, 2.05) is 19.1 Å². The molecule has 0 saturated heterocycles. The molecular weight excluding hydrogens is 194 g/mol. The highest BCUT2D eigenvalue weighted by molar-refractivity contribution is 5.90. The van der Waals surface area contributed by atoms with Crippen LogP contribution in [0.15, 0.2) is 12.1 Å². The molecule has 0 spiro atoms. The molecular formula is C11H13NO3. The Morgan fingerprint density at radius 1 is 1.40 bits per heavy atom. The van der Waals surface area contributed by atoms with Crippen LogP contribution in [0.3, 0.4) is 0 Å². The number of benzene rings is 1. The summed E-state index contributed by atoms with van der Waals surface area (Å²) in [7, 11) is 0. The molecule has 0 radical (unpaired) electrons. The Hall–Kier alpha value is -1.71. The molecule has 1 amide bonds. The van der Waals surface area contributed by atoms with E-state index in [2.05, 4.69) is 5.32 Å². The predicted molar refractivity (Wildman–Crippen MR) is 56.2 cm³/mol. The van der Waals surface area contributed by atoms with E-state index >= 15 is 0 Å². The normalized spacial score (nSPS) is 12.7. The number of nitrogens with one attached hydrogen (secondary N) is 1. The number of hydrogen-bond acceptors (Lipinski definition) is 3. The summed E-state index contributed by atoms with van der Waals surface area (Å²) in [5, 5.41) is 2.78. The first-order valence-electron chi connectivity index (χ1n) is 4.91. The van der Waals surface area contributed by atoms with Gasteiger partial charge in [-0.1, -0.05) is 6.92 Å². The Bertz CT molecular complexity index is 401. The quantitative estimate of drug-likeness (QED) is 0.806. The van der Waals surface area contributed by atoms with Crippen molar-refractivity contribution >= 4 is 11.6 Å². The largest absolute Gasteiger partial charge is 0.454 e. The number of amides is 1. The first-order valence-corrected chi connectivity index (χ1v) is 4.91. The minimum absolute atomic E-state index is 0.0800. The fraction of sp³-hybridized carbons (Fsp3) is 0.364. The first kappa shape index (κ1) is 9.83. The van der Waals surface area contributed by atoms with Crippen molar-refractivity contribution in [2.75, 3.05) is 12.1 Å². The van der Waals surface area contributed by atoms with Crippen LogP contribution in [0.2, 0.25) is 0 Å². The van der Waals surface area contributed by atoms with E-state index in [-0.39, 0.29) is 12.7 Å². The van der Waals surface area contributed by atoms with Crippen LogP contribution in [-0.4, -0.2) is 12.7 Å². The van der Waals surface area contributed by atoms with Gasteiger partial charge in [-0.2, -0.15) is 0 Å². The summed E-state index contributed by atoms with van der Waals surface area (Å²) in [4.78, 5) is 11.0. The Labute approximate surface area is 88.2 Å². The molecule has 1 N–H and O–H groups in total. The molecule has 1 aliphatic heterocycles. The summed E-state index contributed by atoms with van der Waals surface area (Å²) < 4.78 is 10.5. The summed E-state index contributed by atoms with van der Waals surface area (Å²) >= 11 is 0. The van der Waals surface area contributed by atoms with E-state index in [0.29, 0.717) is 5.75 Å². The smallest absolute Gasteiger partial charge is 0.231 e. The van der Waals surface area contributed by atoms with Gasteiger partial charge in [-0.15, -0.1) is 0 Å². The molecule has 0 atom stereocenters. The zero-order chi connectivity index (χ0) is 10.8. The van der Waals surface area contributed by atoms with Crippen molar-refractivity contribution in [3.05, 3.63) is 17.7 Å². The third-order valence-electron chi connectivity index (χ3n) is 2.29. The van der Waals surface area contributed by atoms with Crippen molar-refractivity contribution < 1.29 is 14.3 Å². The highest BCUT2D eigenvalue weighted by atomic mass is 16.7. The molecule has 0 saturated carbocycles. The molecule has 0 aromatic heterocycles. The molecule has 0 bridgehead atoms. The number of carbonyl (C=O) groups is 1. The van der Waals surface area contributed by atoms with Crippen molar-refractivity contribution in [1.82, 2.24) is 0 Å². The second-order valence-electron chi connectivity index (χ2n) is 3.40. The van der Waals surface area contributed by atoms with E-state index in [9.17, 15) is 4.79 Å². The summed E-state index contributed by atoms with van der Waals surface area (Å²) in [5.41, 5.74) is 1.85. The number of rotatable bonds is 2. The van der Waals surface area contributed by atoms with Crippen molar-refractivity contribution in [2.24, 2.45) is 0 Å². The van der Waals surface area contributed by atoms with Crippen LogP contribution in [0.1, 0.15) is 19.4 Å². The summed E-state index contributed by atoms with van der Waals surface area (Å²) in [6.07, 6.45) is 0.840. The van der Waals surface area contributed by atoms with Gasteiger partial charge in [0, 0.05) is 18.7 Å². The number of anilines is 1. The molecule has 1 aromatic carbocycles. The minimum atomic E-state index is -0.0800. The number of carbonyl (C=O) groups excluding carboxylic acids is 1.